The fourth-order valence-corrected chi connectivity index (χ4v) is 3.11. The summed E-state index contributed by atoms with van der Waals surface area (Å²) in [7, 11) is 0. The Morgan fingerprint density at radius 1 is 1.00 bits per heavy atom. The average molecular weight is 342 g/mol. The van der Waals surface area contributed by atoms with Crippen molar-refractivity contribution in [3.05, 3.63) is 59.7 Å². The predicted molar refractivity (Wildman–Crippen MR) is 101 cm³/mol. The lowest BCUT2D eigenvalue weighted by Crippen LogP contribution is -2.22. The predicted octanol–water partition coefficient (Wildman–Crippen LogP) is 4.21. The van der Waals surface area contributed by atoms with Gasteiger partial charge in [0.25, 0.3) is 0 Å². The van der Waals surface area contributed by atoms with Crippen LogP contribution in [0.25, 0.3) is 0 Å². The van der Waals surface area contributed by atoms with Crippen LogP contribution in [0.15, 0.2) is 48.5 Å². The molecule has 5 heteroatoms. The Morgan fingerprint density at radius 2 is 1.58 bits per heavy atom. The molecule has 0 saturated heterocycles. The Labute approximate surface area is 147 Å². The molecular formula is C19H22N2O2S. The van der Waals surface area contributed by atoms with Crippen LogP contribution in [0, 0.1) is 6.92 Å². The first-order chi connectivity index (χ1) is 11.5. The molecule has 4 nitrogen and oxygen atoms in total. The van der Waals surface area contributed by atoms with E-state index >= 15 is 0 Å². The van der Waals surface area contributed by atoms with Crippen LogP contribution in [-0.4, -0.2) is 17.1 Å². The minimum atomic E-state index is -0.153. The minimum absolute atomic E-state index is 0.0270. The summed E-state index contributed by atoms with van der Waals surface area (Å²) in [5.74, 6) is 0.664. The number of benzene rings is 2. The lowest BCUT2D eigenvalue weighted by molar-refractivity contribution is -0.115. The number of amides is 2. The largest absolute Gasteiger partial charge is 0.326 e. The summed E-state index contributed by atoms with van der Waals surface area (Å²) in [6.07, 6.45) is 0. The Morgan fingerprint density at radius 3 is 2.17 bits per heavy atom. The summed E-state index contributed by atoms with van der Waals surface area (Å²) in [5, 5.41) is 5.44. The van der Waals surface area contributed by atoms with Crippen LogP contribution in [0.2, 0.25) is 0 Å². The molecule has 0 heterocycles. The zero-order chi connectivity index (χ0) is 17.5. The Bertz CT molecular complexity index is 714. The van der Waals surface area contributed by atoms with Gasteiger partial charge in [0.1, 0.15) is 0 Å². The summed E-state index contributed by atoms with van der Waals surface area (Å²) < 4.78 is 0. The highest BCUT2D eigenvalue weighted by Crippen LogP contribution is 2.21. The number of rotatable bonds is 6. The molecule has 2 aromatic carbocycles. The van der Waals surface area contributed by atoms with Gasteiger partial charge in [-0.15, -0.1) is 11.8 Å². The van der Waals surface area contributed by atoms with Gasteiger partial charge in [0.15, 0.2) is 0 Å². The van der Waals surface area contributed by atoms with E-state index in [1.54, 1.807) is 36.0 Å². The molecule has 1 atom stereocenters. The van der Waals surface area contributed by atoms with Crippen LogP contribution in [-0.2, 0) is 15.3 Å². The summed E-state index contributed by atoms with van der Waals surface area (Å²) in [6.45, 7) is 5.45. The van der Waals surface area contributed by atoms with E-state index in [0.29, 0.717) is 5.69 Å². The van der Waals surface area contributed by atoms with Crippen LogP contribution in [0.3, 0.4) is 0 Å². The number of carbonyl (C=O) groups is 2. The smallest absolute Gasteiger partial charge is 0.237 e. The van der Waals surface area contributed by atoms with Crippen molar-refractivity contribution in [3.63, 3.8) is 0 Å². The molecule has 2 amide bonds. The van der Waals surface area contributed by atoms with Crippen molar-refractivity contribution in [1.29, 1.82) is 0 Å². The molecule has 0 aliphatic rings. The molecule has 0 aliphatic heterocycles. The van der Waals surface area contributed by atoms with E-state index in [1.165, 1.54) is 18.1 Å². The van der Waals surface area contributed by atoms with Gasteiger partial charge in [0.2, 0.25) is 11.8 Å². The molecule has 0 spiro atoms. The molecule has 2 rings (SSSR count). The number of hydrogen-bond donors (Lipinski definition) is 2. The van der Waals surface area contributed by atoms with Gasteiger partial charge in [-0.25, -0.2) is 0 Å². The topological polar surface area (TPSA) is 58.2 Å². The van der Waals surface area contributed by atoms with E-state index in [-0.39, 0.29) is 17.1 Å². The molecule has 0 fully saturated rings. The molecule has 0 aromatic heterocycles. The highest BCUT2D eigenvalue weighted by Gasteiger charge is 2.14. The lowest BCUT2D eigenvalue weighted by atomic mass is 10.1. The van der Waals surface area contributed by atoms with Gasteiger partial charge in [-0.3, -0.25) is 9.59 Å². The Kier molecular flexibility index (Phi) is 6.44. The van der Waals surface area contributed by atoms with Gasteiger partial charge in [-0.1, -0.05) is 24.3 Å². The monoisotopic (exact) mass is 342 g/mol. The van der Waals surface area contributed by atoms with E-state index in [4.69, 9.17) is 0 Å². The Balaban J connectivity index is 1.87. The van der Waals surface area contributed by atoms with Crippen LogP contribution in [0.4, 0.5) is 11.4 Å². The fraction of sp³-hybridized carbons (Fsp3) is 0.263. The van der Waals surface area contributed by atoms with Crippen LogP contribution in [0.1, 0.15) is 25.0 Å². The second-order valence-electron chi connectivity index (χ2n) is 5.63. The first-order valence-corrected chi connectivity index (χ1v) is 8.85. The first kappa shape index (κ1) is 18.1. The second kappa shape index (κ2) is 8.55. The maximum atomic E-state index is 12.3. The third-order valence-electron chi connectivity index (χ3n) is 3.59. The first-order valence-electron chi connectivity index (χ1n) is 7.80. The van der Waals surface area contributed by atoms with Crippen molar-refractivity contribution in [3.8, 4) is 0 Å². The Hall–Kier alpha value is -2.27. The summed E-state index contributed by atoms with van der Waals surface area (Å²) in [4.78, 5) is 23.3. The highest BCUT2D eigenvalue weighted by atomic mass is 32.2. The highest BCUT2D eigenvalue weighted by molar-refractivity contribution is 7.99. The maximum Gasteiger partial charge on any atom is 0.237 e. The van der Waals surface area contributed by atoms with Gasteiger partial charge in [-0.05, 0) is 49.2 Å². The number of carbonyl (C=O) groups excluding carboxylic acids is 2. The zero-order valence-corrected chi connectivity index (χ0v) is 14.9. The number of thioether (sulfide) groups is 1. The van der Waals surface area contributed by atoms with Crippen molar-refractivity contribution in [2.75, 3.05) is 10.6 Å². The summed E-state index contributed by atoms with van der Waals surface area (Å²) in [6, 6.07) is 15.3. The van der Waals surface area contributed by atoms with E-state index in [9.17, 15) is 9.59 Å². The van der Waals surface area contributed by atoms with E-state index in [1.807, 2.05) is 19.1 Å². The average Bonchev–Trinajstić information content (AvgIpc) is 2.55. The van der Waals surface area contributed by atoms with E-state index in [0.717, 1.165) is 11.4 Å². The molecule has 24 heavy (non-hydrogen) atoms. The molecule has 0 radical (unpaired) electrons. The third kappa shape index (κ3) is 5.42. The molecule has 0 saturated carbocycles. The summed E-state index contributed by atoms with van der Waals surface area (Å²) in [5.41, 5.74) is 3.92. The van der Waals surface area contributed by atoms with Gasteiger partial charge >= 0.3 is 0 Å². The SMILES string of the molecule is CC(=O)Nc1ccc(NC(=O)[C@@H](C)SCc2ccccc2C)cc1. The van der Waals surface area contributed by atoms with Crippen LogP contribution >= 0.6 is 11.8 Å². The minimum Gasteiger partial charge on any atom is -0.326 e. The molecule has 0 unspecified atom stereocenters. The quantitative estimate of drug-likeness (QED) is 0.826. The third-order valence-corrected chi connectivity index (χ3v) is 4.78. The van der Waals surface area contributed by atoms with Crippen molar-refractivity contribution in [2.24, 2.45) is 0 Å². The van der Waals surface area contributed by atoms with Gasteiger partial charge < -0.3 is 10.6 Å². The lowest BCUT2D eigenvalue weighted by Gasteiger charge is -2.13. The van der Waals surface area contributed by atoms with Crippen molar-refractivity contribution >= 4 is 35.0 Å². The van der Waals surface area contributed by atoms with Crippen molar-refractivity contribution < 1.29 is 9.59 Å². The molecule has 126 valence electrons. The second-order valence-corrected chi connectivity index (χ2v) is 6.96. The van der Waals surface area contributed by atoms with Crippen LogP contribution < -0.4 is 10.6 Å². The number of hydrogen-bond acceptors (Lipinski definition) is 3. The van der Waals surface area contributed by atoms with Crippen molar-refractivity contribution in [2.45, 2.75) is 31.8 Å². The molecular weight excluding hydrogens is 320 g/mol. The molecule has 0 bridgehead atoms. The standard InChI is InChI=1S/C19H22N2O2S/c1-13-6-4-5-7-16(13)12-24-14(2)19(23)21-18-10-8-17(9-11-18)20-15(3)22/h4-11,14H,12H2,1-3H3,(H,20,22)(H,21,23)/t14-/m1/s1. The summed E-state index contributed by atoms with van der Waals surface area (Å²) >= 11 is 1.61. The molecule has 2 aromatic rings. The van der Waals surface area contributed by atoms with Crippen LogP contribution in [0.5, 0.6) is 0 Å². The fourth-order valence-electron chi connectivity index (χ4n) is 2.15. The number of nitrogens with one attached hydrogen (secondary N) is 2. The van der Waals surface area contributed by atoms with Gasteiger partial charge in [-0.2, -0.15) is 0 Å². The normalized spacial score (nSPS) is 11.6. The van der Waals surface area contributed by atoms with Gasteiger partial charge in [0.05, 0.1) is 5.25 Å². The van der Waals surface area contributed by atoms with Gasteiger partial charge in [0, 0.05) is 24.1 Å². The molecule has 0 aliphatic carbocycles. The zero-order valence-electron chi connectivity index (χ0n) is 14.1. The maximum absolute atomic E-state index is 12.3. The van der Waals surface area contributed by atoms with E-state index in [2.05, 4.69) is 29.7 Å². The number of anilines is 2. The number of aryl methyl sites for hydroxylation is 1. The van der Waals surface area contributed by atoms with Crippen molar-refractivity contribution in [1.82, 2.24) is 0 Å². The molecule has 2 N–H and O–H groups in total. The van der Waals surface area contributed by atoms with E-state index < -0.39 is 0 Å².